The number of carbonyl (C=O) groups excluding carboxylic acids is 1. The molecule has 2 amide bonds. The minimum Gasteiger partial charge on any atom is -0.328 e. The Balaban J connectivity index is 2.64. The van der Waals surface area contributed by atoms with E-state index in [-0.39, 0.29) is 5.69 Å². The molecule has 17 heavy (non-hydrogen) atoms. The van der Waals surface area contributed by atoms with Gasteiger partial charge in [0, 0.05) is 19.7 Å². The molecule has 0 spiro atoms. The van der Waals surface area contributed by atoms with Crippen molar-refractivity contribution < 1.29 is 13.6 Å². The standard InChI is InChI=1S/C12H16F2N2O/c1-3-4-7-16(2)12(17)15-11-8-9(13)5-6-10(11)14/h5-6,8H,3-4,7H2,1-2H3,(H,15,17). The van der Waals surface area contributed by atoms with Crippen molar-refractivity contribution in [3.05, 3.63) is 29.8 Å². The number of benzene rings is 1. The molecule has 94 valence electrons. The first-order valence-corrected chi connectivity index (χ1v) is 5.51. The minimum atomic E-state index is -0.649. The number of carbonyl (C=O) groups is 1. The Morgan fingerprint density at radius 2 is 2.12 bits per heavy atom. The molecule has 0 aromatic heterocycles. The van der Waals surface area contributed by atoms with Crippen molar-refractivity contribution >= 4 is 11.7 Å². The van der Waals surface area contributed by atoms with Crippen molar-refractivity contribution in [3.8, 4) is 0 Å². The SMILES string of the molecule is CCCCN(C)C(=O)Nc1cc(F)ccc1F. The van der Waals surface area contributed by atoms with E-state index in [1.807, 2.05) is 6.92 Å². The van der Waals surface area contributed by atoms with Gasteiger partial charge in [0.15, 0.2) is 0 Å². The van der Waals surface area contributed by atoms with Gasteiger partial charge in [0.25, 0.3) is 0 Å². The molecule has 0 aliphatic rings. The fourth-order valence-corrected chi connectivity index (χ4v) is 1.30. The van der Waals surface area contributed by atoms with Gasteiger partial charge in [-0.3, -0.25) is 0 Å². The van der Waals surface area contributed by atoms with Crippen LogP contribution in [0, 0.1) is 11.6 Å². The van der Waals surface area contributed by atoms with Gasteiger partial charge in [0.1, 0.15) is 11.6 Å². The Bertz CT molecular complexity index is 396. The molecule has 1 aromatic rings. The van der Waals surface area contributed by atoms with E-state index < -0.39 is 17.7 Å². The first kappa shape index (κ1) is 13.4. The molecule has 0 aliphatic heterocycles. The number of halogens is 2. The molecule has 0 bridgehead atoms. The summed E-state index contributed by atoms with van der Waals surface area (Å²) < 4.78 is 26.1. The van der Waals surface area contributed by atoms with E-state index in [4.69, 9.17) is 0 Å². The van der Waals surface area contributed by atoms with E-state index in [0.717, 1.165) is 31.0 Å². The molecule has 1 rings (SSSR count). The second kappa shape index (κ2) is 6.18. The van der Waals surface area contributed by atoms with Crippen LogP contribution < -0.4 is 5.32 Å². The third-order valence-corrected chi connectivity index (χ3v) is 2.36. The summed E-state index contributed by atoms with van der Waals surface area (Å²) in [6, 6.07) is 2.51. The number of anilines is 1. The lowest BCUT2D eigenvalue weighted by atomic mass is 10.3. The van der Waals surface area contributed by atoms with E-state index in [1.54, 1.807) is 7.05 Å². The normalized spacial score (nSPS) is 10.1. The van der Waals surface area contributed by atoms with Crippen LogP contribution in [0.15, 0.2) is 18.2 Å². The molecule has 0 saturated carbocycles. The molecule has 0 heterocycles. The lowest BCUT2D eigenvalue weighted by Crippen LogP contribution is -2.32. The van der Waals surface area contributed by atoms with Crippen LogP contribution in [0.25, 0.3) is 0 Å². The second-order valence-corrected chi connectivity index (χ2v) is 3.83. The Morgan fingerprint density at radius 3 is 2.76 bits per heavy atom. The van der Waals surface area contributed by atoms with Gasteiger partial charge < -0.3 is 10.2 Å². The summed E-state index contributed by atoms with van der Waals surface area (Å²) in [4.78, 5) is 13.0. The van der Waals surface area contributed by atoms with Crippen molar-refractivity contribution in [2.45, 2.75) is 19.8 Å². The molecule has 5 heteroatoms. The highest BCUT2D eigenvalue weighted by Gasteiger charge is 2.11. The van der Waals surface area contributed by atoms with Crippen molar-refractivity contribution in [3.63, 3.8) is 0 Å². The van der Waals surface area contributed by atoms with E-state index in [9.17, 15) is 13.6 Å². The average molecular weight is 242 g/mol. The summed E-state index contributed by atoms with van der Waals surface area (Å²) in [7, 11) is 1.61. The van der Waals surface area contributed by atoms with Crippen LogP contribution >= 0.6 is 0 Å². The summed E-state index contributed by atoms with van der Waals surface area (Å²) >= 11 is 0. The first-order chi connectivity index (χ1) is 8.04. The third kappa shape index (κ3) is 4.01. The Morgan fingerprint density at radius 1 is 1.41 bits per heavy atom. The molecule has 1 aromatic carbocycles. The lowest BCUT2D eigenvalue weighted by molar-refractivity contribution is 0.221. The van der Waals surface area contributed by atoms with Crippen molar-refractivity contribution in [1.82, 2.24) is 4.90 Å². The fourth-order valence-electron chi connectivity index (χ4n) is 1.30. The van der Waals surface area contributed by atoms with Gasteiger partial charge in [0.05, 0.1) is 5.69 Å². The molecular formula is C12H16F2N2O. The number of amides is 2. The van der Waals surface area contributed by atoms with Gasteiger partial charge in [0.2, 0.25) is 0 Å². The highest BCUT2D eigenvalue weighted by Crippen LogP contribution is 2.15. The van der Waals surface area contributed by atoms with Crippen LogP contribution in [-0.4, -0.2) is 24.5 Å². The fraction of sp³-hybridized carbons (Fsp3) is 0.417. The van der Waals surface area contributed by atoms with Gasteiger partial charge in [-0.2, -0.15) is 0 Å². The van der Waals surface area contributed by atoms with Gasteiger partial charge in [-0.25, -0.2) is 13.6 Å². The number of hydrogen-bond donors (Lipinski definition) is 1. The van der Waals surface area contributed by atoms with Gasteiger partial charge in [-0.05, 0) is 18.6 Å². The smallest absolute Gasteiger partial charge is 0.321 e. The van der Waals surface area contributed by atoms with Crippen LogP contribution in [0.3, 0.4) is 0 Å². The lowest BCUT2D eigenvalue weighted by Gasteiger charge is -2.17. The quantitative estimate of drug-likeness (QED) is 0.863. The zero-order valence-corrected chi connectivity index (χ0v) is 9.96. The number of rotatable bonds is 4. The summed E-state index contributed by atoms with van der Waals surface area (Å²) in [6.45, 7) is 2.59. The molecule has 0 unspecified atom stereocenters. The summed E-state index contributed by atoms with van der Waals surface area (Å²) in [5.41, 5.74) is -0.140. The molecule has 0 radical (unpaired) electrons. The van der Waals surface area contributed by atoms with Gasteiger partial charge in [-0.1, -0.05) is 13.3 Å². The first-order valence-electron chi connectivity index (χ1n) is 5.51. The number of nitrogens with zero attached hydrogens (tertiary/aromatic N) is 1. The topological polar surface area (TPSA) is 32.3 Å². The van der Waals surface area contributed by atoms with E-state index in [1.165, 1.54) is 4.90 Å². The van der Waals surface area contributed by atoms with Gasteiger partial charge >= 0.3 is 6.03 Å². The zero-order chi connectivity index (χ0) is 12.8. The second-order valence-electron chi connectivity index (χ2n) is 3.83. The highest BCUT2D eigenvalue weighted by molar-refractivity contribution is 5.89. The van der Waals surface area contributed by atoms with Crippen LogP contribution in [0.1, 0.15) is 19.8 Å². The van der Waals surface area contributed by atoms with Crippen LogP contribution in [-0.2, 0) is 0 Å². The summed E-state index contributed by atoms with van der Waals surface area (Å²) in [5.74, 6) is -1.23. The highest BCUT2D eigenvalue weighted by atomic mass is 19.1. The maximum absolute atomic E-state index is 13.2. The summed E-state index contributed by atoms with van der Waals surface area (Å²) in [5, 5.41) is 2.33. The molecule has 0 aliphatic carbocycles. The van der Waals surface area contributed by atoms with E-state index in [0.29, 0.717) is 6.54 Å². The minimum absolute atomic E-state index is 0.140. The number of hydrogen-bond acceptors (Lipinski definition) is 1. The predicted molar refractivity (Wildman–Crippen MR) is 62.9 cm³/mol. The van der Waals surface area contributed by atoms with E-state index >= 15 is 0 Å². The number of urea groups is 1. The average Bonchev–Trinajstić information content (AvgIpc) is 2.30. The Labute approximate surface area is 99.4 Å². The van der Waals surface area contributed by atoms with Crippen LogP contribution in [0.4, 0.5) is 19.3 Å². The molecule has 3 nitrogen and oxygen atoms in total. The van der Waals surface area contributed by atoms with Crippen LogP contribution in [0.2, 0.25) is 0 Å². The molecule has 1 N–H and O–H groups in total. The molecule has 0 fully saturated rings. The Hall–Kier alpha value is -1.65. The largest absolute Gasteiger partial charge is 0.328 e. The summed E-state index contributed by atoms with van der Waals surface area (Å²) in [6.07, 6.45) is 1.83. The maximum Gasteiger partial charge on any atom is 0.321 e. The maximum atomic E-state index is 13.2. The number of nitrogens with one attached hydrogen (secondary N) is 1. The molecule has 0 saturated heterocycles. The van der Waals surface area contributed by atoms with Gasteiger partial charge in [-0.15, -0.1) is 0 Å². The monoisotopic (exact) mass is 242 g/mol. The zero-order valence-electron chi connectivity index (χ0n) is 9.96. The molecule has 0 atom stereocenters. The Kier molecular flexibility index (Phi) is 4.87. The van der Waals surface area contributed by atoms with Crippen molar-refractivity contribution in [2.24, 2.45) is 0 Å². The van der Waals surface area contributed by atoms with Crippen LogP contribution in [0.5, 0.6) is 0 Å². The van der Waals surface area contributed by atoms with E-state index in [2.05, 4.69) is 5.32 Å². The van der Waals surface area contributed by atoms with Crippen molar-refractivity contribution in [2.75, 3.05) is 18.9 Å². The third-order valence-electron chi connectivity index (χ3n) is 2.36. The molecular weight excluding hydrogens is 226 g/mol. The predicted octanol–water partition coefficient (Wildman–Crippen LogP) is 3.23. The number of unbranched alkanes of at least 4 members (excludes halogenated alkanes) is 1. The van der Waals surface area contributed by atoms with Crippen molar-refractivity contribution in [1.29, 1.82) is 0 Å².